The van der Waals surface area contributed by atoms with Crippen LogP contribution in [0.4, 0.5) is 20.2 Å². The van der Waals surface area contributed by atoms with Crippen molar-refractivity contribution >= 4 is 23.2 Å². The Bertz CT molecular complexity index is 1210. The van der Waals surface area contributed by atoms with E-state index >= 15 is 0 Å². The molecular weight excluding hydrogens is 584 g/mol. The van der Waals surface area contributed by atoms with Gasteiger partial charge >= 0.3 is 0 Å². The Kier molecular flexibility index (Phi) is 12.6. The van der Waals surface area contributed by atoms with E-state index in [0.29, 0.717) is 32.1 Å². The zero-order valence-corrected chi connectivity index (χ0v) is 27.5. The molecule has 0 bridgehead atoms. The fourth-order valence-corrected chi connectivity index (χ4v) is 7.01. The van der Waals surface area contributed by atoms with E-state index in [9.17, 15) is 18.4 Å². The number of hydrogen-bond acceptors (Lipinski definition) is 5. The van der Waals surface area contributed by atoms with Crippen molar-refractivity contribution < 1.29 is 18.4 Å². The van der Waals surface area contributed by atoms with Gasteiger partial charge in [-0.15, -0.1) is 0 Å². The lowest BCUT2D eigenvalue weighted by Crippen LogP contribution is -2.41. The molecule has 0 radical (unpaired) electrons. The van der Waals surface area contributed by atoms with Crippen LogP contribution in [0, 0.1) is 5.92 Å². The first-order valence-electron chi connectivity index (χ1n) is 17.6. The highest BCUT2D eigenvalue weighted by atomic mass is 19.1. The topological polar surface area (TPSA) is 90.7 Å². The number of carbonyl (C=O) groups excluding carboxylic acids is 2. The predicted molar refractivity (Wildman–Crippen MR) is 182 cm³/mol. The molecule has 2 aromatic rings. The Morgan fingerprint density at radius 2 is 1.15 bits per heavy atom. The van der Waals surface area contributed by atoms with Crippen LogP contribution >= 0.6 is 0 Å². The van der Waals surface area contributed by atoms with Gasteiger partial charge in [0.1, 0.15) is 12.3 Å². The summed E-state index contributed by atoms with van der Waals surface area (Å²) in [5.41, 5.74) is 13.3. The minimum Gasteiger partial charge on any atom is -0.326 e. The number of halogens is 2. The number of fused-ring (bicyclic) bond motifs is 2. The van der Waals surface area contributed by atoms with Crippen molar-refractivity contribution in [3.8, 4) is 0 Å². The molecule has 46 heavy (non-hydrogen) atoms. The minimum absolute atomic E-state index is 0.0219. The summed E-state index contributed by atoms with van der Waals surface area (Å²) in [4.78, 5) is 29.0. The standard InChI is InChI=1S/C19H27FN2O.C18H26FN3O/c1-14(7-10-22-11-8-17(20)9-12-22)19(23)21-18-6-5-15-3-2-4-16(15)13-18;19-15-6-9-22(10-7-15)11-8-17(20)18(23)21-16-5-4-13-2-1-3-14(13)12-16/h5-6,13-14,17H,2-4,7-12H2,1H3,(H,21,23);4-5,12,15,17H,1-3,6-11,20H2,(H,21,23)/t14-;17-/m00/s1. The minimum atomic E-state index is -0.664. The Hall–Kier alpha value is -2.88. The van der Waals surface area contributed by atoms with Gasteiger partial charge in [-0.1, -0.05) is 19.1 Å². The molecule has 2 amide bonds. The molecule has 2 aliphatic carbocycles. The third-order valence-corrected chi connectivity index (χ3v) is 10.2. The molecule has 2 fully saturated rings. The van der Waals surface area contributed by atoms with Gasteiger partial charge in [0.25, 0.3) is 0 Å². The maximum absolute atomic E-state index is 13.1. The fraction of sp³-hybridized carbons (Fsp3) is 0.622. The van der Waals surface area contributed by atoms with Crippen molar-refractivity contribution in [3.05, 3.63) is 58.7 Å². The molecule has 252 valence electrons. The second-order valence-electron chi connectivity index (χ2n) is 13.8. The molecule has 7 nitrogen and oxygen atoms in total. The summed E-state index contributed by atoms with van der Waals surface area (Å²) < 4.78 is 26.2. The zero-order chi connectivity index (χ0) is 32.5. The van der Waals surface area contributed by atoms with Crippen LogP contribution in [0.5, 0.6) is 0 Å². The molecule has 0 unspecified atom stereocenters. The summed E-state index contributed by atoms with van der Waals surface area (Å²) in [6.45, 7) is 6.78. The number of benzene rings is 2. The summed E-state index contributed by atoms with van der Waals surface area (Å²) in [6.07, 6.45) is 9.53. The molecular formula is C37H53F2N5O2. The highest BCUT2D eigenvalue weighted by Crippen LogP contribution is 2.26. The van der Waals surface area contributed by atoms with Crippen LogP contribution < -0.4 is 16.4 Å². The number of nitrogens with zero attached hydrogens (tertiary/aromatic N) is 2. The zero-order valence-electron chi connectivity index (χ0n) is 27.5. The molecule has 4 aliphatic rings. The van der Waals surface area contributed by atoms with Crippen LogP contribution in [0.25, 0.3) is 0 Å². The van der Waals surface area contributed by atoms with Crippen molar-refractivity contribution in [2.24, 2.45) is 11.7 Å². The quantitative estimate of drug-likeness (QED) is 0.305. The van der Waals surface area contributed by atoms with Gasteiger partial charge in [-0.25, -0.2) is 8.78 Å². The first-order valence-corrected chi connectivity index (χ1v) is 17.6. The first kappa shape index (κ1) is 34.5. The molecule has 0 saturated carbocycles. The number of nitrogens with two attached hydrogens (primary N) is 1. The van der Waals surface area contributed by atoms with Gasteiger partial charge in [0.2, 0.25) is 11.8 Å². The van der Waals surface area contributed by atoms with Crippen LogP contribution in [0.3, 0.4) is 0 Å². The molecule has 4 N–H and O–H groups in total. The van der Waals surface area contributed by atoms with Crippen LogP contribution in [-0.2, 0) is 35.3 Å². The Morgan fingerprint density at radius 1 is 0.717 bits per heavy atom. The average molecular weight is 638 g/mol. The maximum atomic E-state index is 13.1. The number of alkyl halides is 2. The van der Waals surface area contributed by atoms with E-state index in [0.717, 1.165) is 82.7 Å². The Balaban J connectivity index is 0.000000181. The number of aryl methyl sites for hydroxylation is 4. The molecule has 2 aromatic carbocycles. The van der Waals surface area contributed by atoms with E-state index in [1.807, 2.05) is 19.1 Å². The van der Waals surface area contributed by atoms with Crippen molar-refractivity contribution in [2.75, 3.05) is 49.9 Å². The van der Waals surface area contributed by atoms with Gasteiger partial charge in [-0.2, -0.15) is 0 Å². The lowest BCUT2D eigenvalue weighted by Gasteiger charge is -2.29. The first-order chi connectivity index (χ1) is 22.2. The van der Waals surface area contributed by atoms with Gasteiger partial charge < -0.3 is 26.2 Å². The van der Waals surface area contributed by atoms with Crippen molar-refractivity contribution in [2.45, 2.75) is 102 Å². The Labute approximate surface area is 273 Å². The number of nitrogens with one attached hydrogen (secondary N) is 2. The highest BCUT2D eigenvalue weighted by molar-refractivity contribution is 5.94. The van der Waals surface area contributed by atoms with Crippen molar-refractivity contribution in [3.63, 3.8) is 0 Å². The molecule has 2 atom stereocenters. The number of amides is 2. The van der Waals surface area contributed by atoms with Crippen LogP contribution in [0.1, 0.15) is 80.5 Å². The Morgan fingerprint density at radius 3 is 1.65 bits per heavy atom. The second-order valence-corrected chi connectivity index (χ2v) is 13.8. The third-order valence-electron chi connectivity index (χ3n) is 10.2. The third kappa shape index (κ3) is 10.1. The van der Waals surface area contributed by atoms with E-state index < -0.39 is 18.4 Å². The van der Waals surface area contributed by atoms with E-state index in [2.05, 4.69) is 44.7 Å². The second kappa shape index (κ2) is 16.8. The summed E-state index contributed by atoms with van der Waals surface area (Å²) in [5, 5.41) is 5.97. The van der Waals surface area contributed by atoms with Crippen LogP contribution in [-0.4, -0.2) is 79.3 Å². The molecule has 6 rings (SSSR count). The summed E-state index contributed by atoms with van der Waals surface area (Å²) >= 11 is 0. The van der Waals surface area contributed by atoms with Gasteiger partial charge in [0.05, 0.1) is 6.04 Å². The molecule has 9 heteroatoms. The predicted octanol–water partition coefficient (Wildman–Crippen LogP) is 5.84. The SMILES string of the molecule is C[C@@H](CCN1CCC(F)CC1)C(=O)Nc1ccc2c(c1)CCC2.N[C@@H](CCN1CCC(F)CC1)C(=O)Nc1ccc2c(c1)CCC2. The van der Waals surface area contributed by atoms with E-state index in [1.165, 1.54) is 35.1 Å². The van der Waals surface area contributed by atoms with Gasteiger partial charge in [-0.3, -0.25) is 9.59 Å². The normalized spacial score (nSPS) is 20.3. The van der Waals surface area contributed by atoms with E-state index in [-0.39, 0.29) is 17.7 Å². The van der Waals surface area contributed by atoms with Crippen molar-refractivity contribution in [1.29, 1.82) is 0 Å². The molecule has 2 aliphatic heterocycles. The number of anilines is 2. The smallest absolute Gasteiger partial charge is 0.241 e. The average Bonchev–Trinajstić information content (AvgIpc) is 3.73. The van der Waals surface area contributed by atoms with E-state index in [4.69, 9.17) is 5.73 Å². The van der Waals surface area contributed by atoms with Crippen LogP contribution in [0.2, 0.25) is 0 Å². The van der Waals surface area contributed by atoms with Crippen LogP contribution in [0.15, 0.2) is 36.4 Å². The number of carbonyl (C=O) groups is 2. The monoisotopic (exact) mass is 637 g/mol. The lowest BCUT2D eigenvalue weighted by atomic mass is 10.0. The highest BCUT2D eigenvalue weighted by Gasteiger charge is 2.22. The summed E-state index contributed by atoms with van der Waals surface area (Å²) in [7, 11) is 0. The molecule has 0 spiro atoms. The number of piperidine rings is 2. The van der Waals surface area contributed by atoms with Gasteiger partial charge in [0, 0.05) is 50.0 Å². The molecule has 2 heterocycles. The lowest BCUT2D eigenvalue weighted by molar-refractivity contribution is -0.120. The largest absolute Gasteiger partial charge is 0.326 e. The number of hydrogen-bond donors (Lipinski definition) is 3. The molecule has 2 saturated heterocycles. The van der Waals surface area contributed by atoms with E-state index in [1.54, 1.807) is 0 Å². The van der Waals surface area contributed by atoms with Gasteiger partial charge in [0.15, 0.2) is 0 Å². The fourth-order valence-electron chi connectivity index (χ4n) is 7.01. The summed E-state index contributed by atoms with van der Waals surface area (Å²) in [5.74, 6) is -0.0713. The van der Waals surface area contributed by atoms with Gasteiger partial charge in [-0.05, 0) is 130 Å². The number of likely N-dealkylation sites (tertiary alicyclic amines) is 2. The number of rotatable bonds is 10. The molecule has 0 aromatic heterocycles. The maximum Gasteiger partial charge on any atom is 0.241 e. The van der Waals surface area contributed by atoms with Crippen molar-refractivity contribution in [1.82, 2.24) is 9.80 Å². The summed E-state index contributed by atoms with van der Waals surface area (Å²) in [6, 6.07) is 11.9.